The van der Waals surface area contributed by atoms with Crippen molar-refractivity contribution in [3.05, 3.63) is 29.8 Å². The smallest absolute Gasteiger partial charge is 0.243 e. The summed E-state index contributed by atoms with van der Waals surface area (Å²) in [5.41, 5.74) is 0.797. The van der Waals surface area contributed by atoms with Crippen molar-refractivity contribution in [2.24, 2.45) is 0 Å². The van der Waals surface area contributed by atoms with Crippen molar-refractivity contribution in [2.45, 2.75) is 56.1 Å². The van der Waals surface area contributed by atoms with Gasteiger partial charge in [0, 0.05) is 6.54 Å². The second-order valence-corrected chi connectivity index (χ2v) is 7.52. The first-order valence-electron chi connectivity index (χ1n) is 7.66. The number of benzene rings is 1. The van der Waals surface area contributed by atoms with E-state index >= 15 is 0 Å². The van der Waals surface area contributed by atoms with E-state index in [0.717, 1.165) is 18.4 Å². The molecule has 0 saturated carbocycles. The Labute approximate surface area is 132 Å². The van der Waals surface area contributed by atoms with Crippen molar-refractivity contribution >= 4 is 10.0 Å². The van der Waals surface area contributed by atoms with Crippen LogP contribution in [0.4, 0.5) is 0 Å². The summed E-state index contributed by atoms with van der Waals surface area (Å²) in [6.07, 6.45) is 2.63. The highest BCUT2D eigenvalue weighted by Crippen LogP contribution is 2.28. The number of aliphatic hydroxyl groups is 1. The van der Waals surface area contributed by atoms with Gasteiger partial charge in [-0.05, 0) is 37.0 Å². The summed E-state index contributed by atoms with van der Waals surface area (Å²) in [6.45, 7) is 2.31. The lowest BCUT2D eigenvalue weighted by Crippen LogP contribution is -2.49. The van der Waals surface area contributed by atoms with Gasteiger partial charge in [-0.25, -0.2) is 8.42 Å². The fourth-order valence-corrected chi connectivity index (χ4v) is 4.61. The third-order valence-electron chi connectivity index (χ3n) is 4.17. The zero-order valence-corrected chi connectivity index (χ0v) is 13.6. The van der Waals surface area contributed by atoms with Crippen LogP contribution in [0.2, 0.25) is 0 Å². The lowest BCUT2D eigenvalue weighted by atomic mass is 9.98. The fraction of sp³-hybridized carbons (Fsp3) is 0.562. The van der Waals surface area contributed by atoms with Gasteiger partial charge in [-0.2, -0.15) is 9.57 Å². The monoisotopic (exact) mass is 322 g/mol. The van der Waals surface area contributed by atoms with E-state index < -0.39 is 16.1 Å². The van der Waals surface area contributed by atoms with Crippen LogP contribution >= 0.6 is 0 Å². The molecule has 1 fully saturated rings. The summed E-state index contributed by atoms with van der Waals surface area (Å²) < 4.78 is 27.1. The Morgan fingerprint density at radius 1 is 1.36 bits per heavy atom. The number of hydrogen-bond donors (Lipinski definition) is 1. The Kier molecular flexibility index (Phi) is 5.57. The molecular formula is C16H22N2O3S. The predicted molar refractivity (Wildman–Crippen MR) is 83.6 cm³/mol. The average Bonchev–Trinajstić information content (AvgIpc) is 2.55. The van der Waals surface area contributed by atoms with Crippen molar-refractivity contribution in [1.29, 1.82) is 5.26 Å². The SMILES string of the molecule is CCC(O)C1CCCCN1S(=O)(=O)c1ccc(CC#N)cc1. The van der Waals surface area contributed by atoms with Gasteiger partial charge < -0.3 is 5.11 Å². The van der Waals surface area contributed by atoms with E-state index in [2.05, 4.69) is 0 Å². The van der Waals surface area contributed by atoms with Crippen molar-refractivity contribution in [2.75, 3.05) is 6.54 Å². The van der Waals surface area contributed by atoms with E-state index in [-0.39, 0.29) is 17.4 Å². The Morgan fingerprint density at radius 2 is 2.05 bits per heavy atom. The summed E-state index contributed by atoms with van der Waals surface area (Å²) in [5.74, 6) is 0. The second-order valence-electron chi connectivity index (χ2n) is 5.63. The predicted octanol–water partition coefficient (Wildman–Crippen LogP) is 2.07. The molecule has 1 N–H and O–H groups in total. The minimum atomic E-state index is -3.61. The van der Waals surface area contributed by atoms with Crippen LogP contribution in [0.3, 0.4) is 0 Å². The molecule has 2 rings (SSSR count). The molecule has 0 bridgehead atoms. The highest BCUT2D eigenvalue weighted by molar-refractivity contribution is 7.89. The van der Waals surface area contributed by atoms with E-state index in [1.165, 1.54) is 4.31 Å². The summed E-state index contributed by atoms with van der Waals surface area (Å²) >= 11 is 0. The molecule has 0 amide bonds. The fourth-order valence-electron chi connectivity index (χ4n) is 2.89. The van der Waals surface area contributed by atoms with Crippen molar-refractivity contribution in [3.63, 3.8) is 0 Å². The van der Waals surface area contributed by atoms with Gasteiger partial charge in [0.2, 0.25) is 10.0 Å². The first kappa shape index (κ1) is 16.9. The summed E-state index contributed by atoms with van der Waals surface area (Å²) in [7, 11) is -3.61. The number of aliphatic hydroxyl groups excluding tert-OH is 1. The van der Waals surface area contributed by atoms with Gasteiger partial charge in [-0.3, -0.25) is 0 Å². The first-order chi connectivity index (χ1) is 10.5. The van der Waals surface area contributed by atoms with Crippen molar-refractivity contribution in [1.82, 2.24) is 4.31 Å². The standard InChI is InChI=1S/C16H22N2O3S/c1-2-16(19)15-5-3-4-12-18(15)22(20,21)14-8-6-13(7-9-14)10-11-17/h6-9,15-16,19H,2-5,10,12H2,1H3. The van der Waals surface area contributed by atoms with Gasteiger partial charge in [-0.1, -0.05) is 25.5 Å². The van der Waals surface area contributed by atoms with Crippen molar-refractivity contribution < 1.29 is 13.5 Å². The van der Waals surface area contributed by atoms with Gasteiger partial charge >= 0.3 is 0 Å². The lowest BCUT2D eigenvalue weighted by molar-refractivity contribution is 0.0667. The molecule has 1 saturated heterocycles. The molecule has 0 radical (unpaired) electrons. The van der Waals surface area contributed by atoms with Crippen LogP contribution in [0, 0.1) is 11.3 Å². The molecule has 1 heterocycles. The molecule has 6 heteroatoms. The molecule has 2 unspecified atom stereocenters. The topological polar surface area (TPSA) is 81.4 Å². The first-order valence-corrected chi connectivity index (χ1v) is 9.10. The quantitative estimate of drug-likeness (QED) is 0.899. The molecule has 5 nitrogen and oxygen atoms in total. The number of hydrogen-bond acceptors (Lipinski definition) is 4. The maximum Gasteiger partial charge on any atom is 0.243 e. The van der Waals surface area contributed by atoms with E-state index in [1.807, 2.05) is 13.0 Å². The Hall–Kier alpha value is -1.42. The van der Waals surface area contributed by atoms with E-state index in [0.29, 0.717) is 19.4 Å². The summed E-state index contributed by atoms with van der Waals surface area (Å²) in [6, 6.07) is 8.14. The van der Waals surface area contributed by atoms with Gasteiger partial charge in [0.1, 0.15) is 0 Å². The van der Waals surface area contributed by atoms with Crippen LogP contribution in [0.5, 0.6) is 0 Å². The van der Waals surface area contributed by atoms with Gasteiger partial charge in [0.15, 0.2) is 0 Å². The number of piperidine rings is 1. The van der Waals surface area contributed by atoms with Crippen molar-refractivity contribution in [3.8, 4) is 6.07 Å². The lowest BCUT2D eigenvalue weighted by Gasteiger charge is -2.37. The third kappa shape index (κ3) is 3.49. The zero-order valence-electron chi connectivity index (χ0n) is 12.8. The molecule has 0 aliphatic carbocycles. The van der Waals surface area contributed by atoms with E-state index in [9.17, 15) is 13.5 Å². The van der Waals surface area contributed by atoms with Crippen LogP contribution in [-0.4, -0.2) is 36.5 Å². The molecule has 0 spiro atoms. The molecule has 1 aromatic carbocycles. The molecule has 0 aromatic heterocycles. The van der Waals surface area contributed by atoms with Crippen LogP contribution in [-0.2, 0) is 16.4 Å². The maximum atomic E-state index is 12.8. The van der Waals surface area contributed by atoms with Crippen LogP contribution < -0.4 is 0 Å². The number of nitrogens with zero attached hydrogens (tertiary/aromatic N) is 2. The Bertz CT molecular complexity index is 634. The minimum absolute atomic E-state index is 0.226. The highest BCUT2D eigenvalue weighted by atomic mass is 32.2. The molecular weight excluding hydrogens is 300 g/mol. The summed E-state index contributed by atoms with van der Waals surface area (Å²) in [4.78, 5) is 0.226. The van der Waals surface area contributed by atoms with E-state index in [1.54, 1.807) is 24.3 Å². The maximum absolute atomic E-state index is 12.8. The van der Waals surface area contributed by atoms with Crippen LogP contribution in [0.15, 0.2) is 29.2 Å². The average molecular weight is 322 g/mol. The molecule has 1 aliphatic rings. The number of sulfonamides is 1. The third-order valence-corrected chi connectivity index (χ3v) is 6.11. The van der Waals surface area contributed by atoms with Crippen LogP contribution in [0.25, 0.3) is 0 Å². The minimum Gasteiger partial charge on any atom is -0.391 e. The largest absolute Gasteiger partial charge is 0.391 e. The molecule has 2 atom stereocenters. The molecule has 1 aromatic rings. The number of rotatable bonds is 5. The number of nitriles is 1. The highest BCUT2D eigenvalue weighted by Gasteiger charge is 2.36. The van der Waals surface area contributed by atoms with Gasteiger partial charge in [0.05, 0.1) is 29.5 Å². The molecule has 120 valence electrons. The van der Waals surface area contributed by atoms with E-state index in [4.69, 9.17) is 5.26 Å². The van der Waals surface area contributed by atoms with Gasteiger partial charge in [-0.15, -0.1) is 0 Å². The normalized spacial score (nSPS) is 21.2. The van der Waals surface area contributed by atoms with Crippen LogP contribution in [0.1, 0.15) is 38.2 Å². The Balaban J connectivity index is 2.29. The Morgan fingerprint density at radius 3 is 2.64 bits per heavy atom. The zero-order chi connectivity index (χ0) is 16.2. The summed E-state index contributed by atoms with van der Waals surface area (Å²) in [5, 5.41) is 18.8. The molecule has 22 heavy (non-hydrogen) atoms. The molecule has 1 aliphatic heterocycles. The van der Waals surface area contributed by atoms with Gasteiger partial charge in [0.25, 0.3) is 0 Å². The second kappa shape index (κ2) is 7.23.